The van der Waals surface area contributed by atoms with Gasteiger partial charge in [-0.05, 0) is 24.3 Å². The quantitative estimate of drug-likeness (QED) is 0.859. The molecule has 7 nitrogen and oxygen atoms in total. The summed E-state index contributed by atoms with van der Waals surface area (Å²) in [6, 6.07) is 11.2. The SMILES string of the molecule is COc1ccc(S(N)(=O)=O)cc1C(=O)NC1CCOc2ccccc21. The lowest BCUT2D eigenvalue weighted by atomic mass is 10.00. The van der Waals surface area contributed by atoms with Gasteiger partial charge in [-0.1, -0.05) is 18.2 Å². The van der Waals surface area contributed by atoms with E-state index in [1.54, 1.807) is 0 Å². The maximum Gasteiger partial charge on any atom is 0.255 e. The van der Waals surface area contributed by atoms with Gasteiger partial charge in [-0.25, -0.2) is 13.6 Å². The highest BCUT2D eigenvalue weighted by Gasteiger charge is 2.25. The molecular weight excluding hydrogens is 344 g/mol. The zero-order valence-electron chi connectivity index (χ0n) is 13.6. The van der Waals surface area contributed by atoms with Crippen molar-refractivity contribution in [3.05, 3.63) is 53.6 Å². The van der Waals surface area contributed by atoms with Gasteiger partial charge >= 0.3 is 0 Å². The minimum Gasteiger partial charge on any atom is -0.496 e. The van der Waals surface area contributed by atoms with Crippen LogP contribution < -0.4 is 19.9 Å². The second kappa shape index (κ2) is 6.73. The van der Waals surface area contributed by atoms with E-state index in [0.717, 1.165) is 11.3 Å². The number of primary sulfonamides is 1. The van der Waals surface area contributed by atoms with Crippen LogP contribution in [0.4, 0.5) is 0 Å². The first-order chi connectivity index (χ1) is 11.9. The van der Waals surface area contributed by atoms with Crippen molar-refractivity contribution >= 4 is 15.9 Å². The van der Waals surface area contributed by atoms with Crippen LogP contribution in [0.5, 0.6) is 11.5 Å². The molecule has 0 spiro atoms. The zero-order valence-corrected chi connectivity index (χ0v) is 14.4. The van der Waals surface area contributed by atoms with E-state index in [0.29, 0.717) is 13.0 Å². The number of hydrogen-bond acceptors (Lipinski definition) is 5. The van der Waals surface area contributed by atoms with Crippen LogP contribution in [0.3, 0.4) is 0 Å². The molecular formula is C17H18N2O5S. The zero-order chi connectivity index (χ0) is 18.0. The highest BCUT2D eigenvalue weighted by atomic mass is 32.2. The number of amides is 1. The number of para-hydroxylation sites is 1. The third kappa shape index (κ3) is 3.59. The lowest BCUT2D eigenvalue weighted by Gasteiger charge is -2.26. The average molecular weight is 362 g/mol. The maximum atomic E-state index is 12.7. The molecule has 8 heteroatoms. The number of carbonyl (C=O) groups is 1. The minimum absolute atomic E-state index is 0.109. The lowest BCUT2D eigenvalue weighted by molar-refractivity contribution is 0.0921. The van der Waals surface area contributed by atoms with E-state index >= 15 is 0 Å². The average Bonchev–Trinajstić information content (AvgIpc) is 2.60. The molecule has 3 rings (SSSR count). The van der Waals surface area contributed by atoms with Gasteiger partial charge < -0.3 is 14.8 Å². The molecule has 25 heavy (non-hydrogen) atoms. The molecule has 2 aromatic rings. The van der Waals surface area contributed by atoms with Crippen LogP contribution in [0.2, 0.25) is 0 Å². The Morgan fingerprint density at radius 2 is 2.04 bits per heavy atom. The van der Waals surface area contributed by atoms with Gasteiger partial charge in [-0.15, -0.1) is 0 Å². The molecule has 132 valence electrons. The first kappa shape index (κ1) is 17.2. The molecule has 1 amide bonds. The fourth-order valence-corrected chi connectivity index (χ4v) is 3.31. The highest BCUT2D eigenvalue weighted by Crippen LogP contribution is 2.32. The van der Waals surface area contributed by atoms with Crippen molar-refractivity contribution in [1.82, 2.24) is 5.32 Å². The Morgan fingerprint density at radius 3 is 2.76 bits per heavy atom. The number of nitrogens with two attached hydrogens (primary N) is 1. The van der Waals surface area contributed by atoms with Crippen molar-refractivity contribution < 1.29 is 22.7 Å². The molecule has 0 saturated heterocycles. The molecule has 1 aliphatic rings. The topological polar surface area (TPSA) is 108 Å². The number of sulfonamides is 1. The summed E-state index contributed by atoms with van der Waals surface area (Å²) in [5.41, 5.74) is 0.988. The number of methoxy groups -OCH3 is 1. The summed E-state index contributed by atoms with van der Waals surface area (Å²) in [5.74, 6) is 0.554. The molecule has 0 radical (unpaired) electrons. The molecule has 1 atom stereocenters. The fraction of sp³-hybridized carbons (Fsp3) is 0.235. The van der Waals surface area contributed by atoms with Crippen molar-refractivity contribution in [2.24, 2.45) is 5.14 Å². The van der Waals surface area contributed by atoms with Gasteiger partial charge in [-0.3, -0.25) is 4.79 Å². The summed E-state index contributed by atoms with van der Waals surface area (Å²) in [6.45, 7) is 0.482. The largest absolute Gasteiger partial charge is 0.496 e. The van der Waals surface area contributed by atoms with Crippen molar-refractivity contribution in [2.45, 2.75) is 17.4 Å². The van der Waals surface area contributed by atoms with Crippen molar-refractivity contribution in [3.63, 3.8) is 0 Å². The smallest absolute Gasteiger partial charge is 0.255 e. The summed E-state index contributed by atoms with van der Waals surface area (Å²) < 4.78 is 33.8. The summed E-state index contributed by atoms with van der Waals surface area (Å²) in [5, 5.41) is 8.06. The second-order valence-corrected chi connectivity index (χ2v) is 7.17. The number of ether oxygens (including phenoxy) is 2. The van der Waals surface area contributed by atoms with Gasteiger partial charge in [0.1, 0.15) is 11.5 Å². The second-order valence-electron chi connectivity index (χ2n) is 5.61. The van der Waals surface area contributed by atoms with Crippen LogP contribution in [0, 0.1) is 0 Å². The Bertz CT molecular complexity index is 911. The summed E-state index contributed by atoms with van der Waals surface area (Å²) in [7, 11) is -2.51. The fourth-order valence-electron chi connectivity index (χ4n) is 2.77. The number of rotatable bonds is 4. The monoisotopic (exact) mass is 362 g/mol. The third-order valence-corrected chi connectivity index (χ3v) is 4.92. The molecule has 2 aromatic carbocycles. The van der Waals surface area contributed by atoms with E-state index < -0.39 is 15.9 Å². The van der Waals surface area contributed by atoms with E-state index in [2.05, 4.69) is 5.32 Å². The van der Waals surface area contributed by atoms with Gasteiger partial charge in [0.05, 0.1) is 30.2 Å². The van der Waals surface area contributed by atoms with E-state index in [1.807, 2.05) is 24.3 Å². The standard InChI is InChI=1S/C17H18N2O5S/c1-23-15-7-6-11(25(18,21)22)10-13(15)17(20)19-14-8-9-24-16-5-3-2-4-12(14)16/h2-7,10,14H,8-9H2,1H3,(H,19,20)(H2,18,21,22). The number of hydrogen-bond donors (Lipinski definition) is 2. The van der Waals surface area contributed by atoms with Crippen LogP contribution in [0.15, 0.2) is 47.4 Å². The summed E-state index contributed by atoms with van der Waals surface area (Å²) in [4.78, 5) is 12.6. The van der Waals surface area contributed by atoms with Crippen molar-refractivity contribution in [3.8, 4) is 11.5 Å². The number of fused-ring (bicyclic) bond motifs is 1. The van der Waals surface area contributed by atoms with Gasteiger partial charge in [0, 0.05) is 12.0 Å². The van der Waals surface area contributed by atoms with E-state index in [-0.39, 0.29) is 22.3 Å². The first-order valence-electron chi connectivity index (χ1n) is 7.63. The molecule has 0 aliphatic carbocycles. The van der Waals surface area contributed by atoms with Gasteiger partial charge in [-0.2, -0.15) is 0 Å². The van der Waals surface area contributed by atoms with Crippen LogP contribution in [-0.4, -0.2) is 28.0 Å². The number of nitrogens with one attached hydrogen (secondary N) is 1. The lowest BCUT2D eigenvalue weighted by Crippen LogP contribution is -2.32. The summed E-state index contributed by atoms with van der Waals surface area (Å²) in [6.07, 6.45) is 0.611. The van der Waals surface area contributed by atoms with E-state index in [9.17, 15) is 13.2 Å². The van der Waals surface area contributed by atoms with Gasteiger partial charge in [0.15, 0.2) is 0 Å². The van der Waals surface area contributed by atoms with Gasteiger partial charge in [0.2, 0.25) is 10.0 Å². The number of benzene rings is 2. The normalized spacial score (nSPS) is 16.5. The van der Waals surface area contributed by atoms with Crippen molar-refractivity contribution in [1.29, 1.82) is 0 Å². The van der Waals surface area contributed by atoms with Crippen LogP contribution in [0.1, 0.15) is 28.4 Å². The molecule has 0 aromatic heterocycles. The highest BCUT2D eigenvalue weighted by molar-refractivity contribution is 7.89. The minimum atomic E-state index is -3.92. The van der Waals surface area contributed by atoms with E-state index in [1.165, 1.54) is 25.3 Å². The Balaban J connectivity index is 1.92. The molecule has 1 unspecified atom stereocenters. The Labute approximate surface area is 145 Å². The Kier molecular flexibility index (Phi) is 4.65. The molecule has 3 N–H and O–H groups in total. The molecule has 0 fully saturated rings. The predicted molar refractivity (Wildman–Crippen MR) is 91.1 cm³/mol. The molecule has 0 bridgehead atoms. The van der Waals surface area contributed by atoms with Crippen LogP contribution in [0.25, 0.3) is 0 Å². The first-order valence-corrected chi connectivity index (χ1v) is 9.18. The van der Waals surface area contributed by atoms with Crippen LogP contribution >= 0.6 is 0 Å². The molecule has 1 heterocycles. The molecule has 0 saturated carbocycles. The van der Waals surface area contributed by atoms with Crippen LogP contribution in [-0.2, 0) is 10.0 Å². The number of carbonyl (C=O) groups excluding carboxylic acids is 1. The van der Waals surface area contributed by atoms with Gasteiger partial charge in [0.25, 0.3) is 5.91 Å². The predicted octanol–water partition coefficient (Wildman–Crippen LogP) is 1.60. The Hall–Kier alpha value is -2.58. The third-order valence-electron chi connectivity index (χ3n) is 4.01. The molecule has 1 aliphatic heterocycles. The van der Waals surface area contributed by atoms with Crippen molar-refractivity contribution in [2.75, 3.05) is 13.7 Å². The summed E-state index contributed by atoms with van der Waals surface area (Å²) >= 11 is 0. The maximum absolute atomic E-state index is 12.7. The Morgan fingerprint density at radius 1 is 1.28 bits per heavy atom. The van der Waals surface area contributed by atoms with E-state index in [4.69, 9.17) is 14.6 Å².